The zero-order valence-corrected chi connectivity index (χ0v) is 9.65. The molecule has 16 heavy (non-hydrogen) atoms. The lowest BCUT2D eigenvalue weighted by Crippen LogP contribution is -2.17. The van der Waals surface area contributed by atoms with Gasteiger partial charge in [-0.05, 0) is 12.0 Å². The van der Waals surface area contributed by atoms with Gasteiger partial charge in [0.1, 0.15) is 5.04 Å². The first-order valence-electron chi connectivity index (χ1n) is 5.17. The summed E-state index contributed by atoms with van der Waals surface area (Å²) in [6.07, 6.45) is 4.72. The molecule has 0 saturated heterocycles. The van der Waals surface area contributed by atoms with Gasteiger partial charge in [0.2, 0.25) is 0 Å². The Labute approximate surface area is 95.4 Å². The number of hydrogen-bond acceptors (Lipinski definition) is 3. The van der Waals surface area contributed by atoms with Crippen molar-refractivity contribution in [3.8, 4) is 0 Å². The predicted molar refractivity (Wildman–Crippen MR) is 64.9 cm³/mol. The summed E-state index contributed by atoms with van der Waals surface area (Å²) in [5.41, 5.74) is 0.805. The van der Waals surface area contributed by atoms with Crippen molar-refractivity contribution < 1.29 is 8.42 Å². The predicted octanol–water partition coefficient (Wildman–Crippen LogP) is 2.31. The Morgan fingerprint density at radius 1 is 1.19 bits per heavy atom. The summed E-state index contributed by atoms with van der Waals surface area (Å²) >= 11 is 0. The summed E-state index contributed by atoms with van der Waals surface area (Å²) in [6.45, 7) is 0. The van der Waals surface area contributed by atoms with Crippen molar-refractivity contribution in [3.63, 3.8) is 0 Å². The summed E-state index contributed by atoms with van der Waals surface area (Å²) in [4.78, 5) is 3.95. The van der Waals surface area contributed by atoms with Gasteiger partial charge in [-0.3, -0.25) is 0 Å². The second-order valence-electron chi connectivity index (χ2n) is 3.69. The first-order valence-corrected chi connectivity index (χ1v) is 6.82. The zero-order chi connectivity index (χ0) is 11.4. The summed E-state index contributed by atoms with van der Waals surface area (Å²) in [7, 11) is -3.24. The van der Waals surface area contributed by atoms with Crippen molar-refractivity contribution in [1.82, 2.24) is 0 Å². The Morgan fingerprint density at radius 2 is 1.94 bits per heavy atom. The van der Waals surface area contributed by atoms with Gasteiger partial charge in [0.15, 0.2) is 9.84 Å². The SMILES string of the molecule is O=S(=O)(Cc1ccccc1)C1=NC=CCC1. The fraction of sp³-hybridized carbons (Fsp3) is 0.250. The second kappa shape index (κ2) is 4.61. The van der Waals surface area contributed by atoms with Gasteiger partial charge in [-0.15, -0.1) is 0 Å². The molecular weight excluding hydrogens is 222 g/mol. The molecule has 0 bridgehead atoms. The normalized spacial score (nSPS) is 15.9. The van der Waals surface area contributed by atoms with E-state index in [-0.39, 0.29) is 5.75 Å². The number of hydrogen-bond donors (Lipinski definition) is 0. The summed E-state index contributed by atoms with van der Waals surface area (Å²) < 4.78 is 24.0. The van der Waals surface area contributed by atoms with Crippen molar-refractivity contribution in [1.29, 1.82) is 0 Å². The Kier molecular flexibility index (Phi) is 3.19. The summed E-state index contributed by atoms with van der Waals surface area (Å²) in [6, 6.07) is 9.19. The van der Waals surface area contributed by atoms with E-state index in [0.717, 1.165) is 12.0 Å². The third-order valence-electron chi connectivity index (χ3n) is 2.41. The van der Waals surface area contributed by atoms with Crippen molar-refractivity contribution in [3.05, 3.63) is 48.2 Å². The molecule has 4 heteroatoms. The Hall–Kier alpha value is -1.42. The van der Waals surface area contributed by atoms with Gasteiger partial charge >= 0.3 is 0 Å². The number of benzene rings is 1. The van der Waals surface area contributed by atoms with E-state index >= 15 is 0 Å². The number of aliphatic imine (C=N–C) groups is 1. The molecule has 0 amide bonds. The Bertz CT molecular complexity index is 515. The molecule has 1 aliphatic heterocycles. The lowest BCUT2D eigenvalue weighted by molar-refractivity contribution is 0.605. The maximum Gasteiger partial charge on any atom is 0.195 e. The van der Waals surface area contributed by atoms with Gasteiger partial charge in [0.05, 0.1) is 5.75 Å². The minimum absolute atomic E-state index is 0.0422. The first-order chi connectivity index (χ1) is 7.68. The number of sulfone groups is 1. The number of nitrogens with zero attached hydrogens (tertiary/aromatic N) is 1. The molecule has 0 fully saturated rings. The molecule has 2 rings (SSSR count). The van der Waals surface area contributed by atoms with E-state index in [0.29, 0.717) is 11.5 Å². The van der Waals surface area contributed by atoms with Crippen LogP contribution < -0.4 is 0 Å². The van der Waals surface area contributed by atoms with Gasteiger partial charge < -0.3 is 0 Å². The summed E-state index contributed by atoms with van der Waals surface area (Å²) in [5, 5.41) is 0.304. The first kappa shape index (κ1) is 11.1. The molecule has 0 atom stereocenters. The Balaban J connectivity index is 2.21. The van der Waals surface area contributed by atoms with E-state index in [9.17, 15) is 8.42 Å². The molecule has 0 aromatic heterocycles. The molecule has 0 saturated carbocycles. The summed E-state index contributed by atoms with van der Waals surface area (Å²) in [5.74, 6) is 0.0422. The highest BCUT2D eigenvalue weighted by atomic mass is 32.2. The van der Waals surface area contributed by atoms with Gasteiger partial charge in [0.25, 0.3) is 0 Å². The molecule has 0 unspecified atom stereocenters. The lowest BCUT2D eigenvalue weighted by atomic mass is 10.2. The molecule has 3 nitrogen and oxygen atoms in total. The minimum atomic E-state index is -3.24. The quantitative estimate of drug-likeness (QED) is 0.789. The van der Waals surface area contributed by atoms with Gasteiger partial charge in [-0.2, -0.15) is 0 Å². The second-order valence-corrected chi connectivity index (χ2v) is 5.68. The minimum Gasteiger partial charge on any atom is -0.250 e. The fourth-order valence-electron chi connectivity index (χ4n) is 1.59. The van der Waals surface area contributed by atoms with Crippen LogP contribution >= 0.6 is 0 Å². The molecule has 0 aliphatic carbocycles. The Morgan fingerprint density at radius 3 is 2.56 bits per heavy atom. The van der Waals surface area contributed by atoms with Crippen molar-refractivity contribution in [2.75, 3.05) is 0 Å². The highest BCUT2D eigenvalue weighted by Crippen LogP contribution is 2.13. The highest BCUT2D eigenvalue weighted by Gasteiger charge is 2.20. The number of rotatable bonds is 2. The molecule has 1 aliphatic rings. The van der Waals surface area contributed by atoms with Gasteiger partial charge in [-0.25, -0.2) is 13.4 Å². The van der Waals surface area contributed by atoms with Crippen LogP contribution in [0.1, 0.15) is 18.4 Å². The van der Waals surface area contributed by atoms with E-state index in [1.165, 1.54) is 0 Å². The van der Waals surface area contributed by atoms with Crippen LogP contribution in [0, 0.1) is 0 Å². The van der Waals surface area contributed by atoms with Gasteiger partial charge in [-0.1, -0.05) is 36.4 Å². The van der Waals surface area contributed by atoms with E-state index in [2.05, 4.69) is 4.99 Å². The highest BCUT2D eigenvalue weighted by molar-refractivity contribution is 8.05. The average molecular weight is 235 g/mol. The molecule has 1 aromatic carbocycles. The number of allylic oxidation sites excluding steroid dienone is 1. The van der Waals surface area contributed by atoms with E-state index < -0.39 is 9.84 Å². The van der Waals surface area contributed by atoms with Crippen LogP contribution in [0.2, 0.25) is 0 Å². The molecular formula is C12H13NO2S. The van der Waals surface area contributed by atoms with Crippen LogP contribution in [-0.4, -0.2) is 13.5 Å². The monoisotopic (exact) mass is 235 g/mol. The van der Waals surface area contributed by atoms with E-state index in [1.807, 2.05) is 36.4 Å². The van der Waals surface area contributed by atoms with Crippen LogP contribution in [0.15, 0.2) is 47.6 Å². The molecule has 84 valence electrons. The van der Waals surface area contributed by atoms with Crippen molar-refractivity contribution in [2.24, 2.45) is 4.99 Å². The van der Waals surface area contributed by atoms with Crippen LogP contribution in [0.3, 0.4) is 0 Å². The van der Waals surface area contributed by atoms with Gasteiger partial charge in [0, 0.05) is 12.6 Å². The van der Waals surface area contributed by atoms with Crippen LogP contribution in [-0.2, 0) is 15.6 Å². The average Bonchev–Trinajstić information content (AvgIpc) is 2.31. The smallest absolute Gasteiger partial charge is 0.195 e. The maximum atomic E-state index is 12.0. The fourth-order valence-corrected chi connectivity index (χ4v) is 3.04. The van der Waals surface area contributed by atoms with Crippen molar-refractivity contribution >= 4 is 14.9 Å². The third kappa shape index (κ3) is 2.58. The third-order valence-corrected chi connectivity index (χ3v) is 4.15. The lowest BCUT2D eigenvalue weighted by Gasteiger charge is -2.08. The van der Waals surface area contributed by atoms with Crippen molar-refractivity contribution in [2.45, 2.75) is 18.6 Å². The largest absolute Gasteiger partial charge is 0.250 e. The standard InChI is InChI=1S/C12H13NO2S/c14-16(15,12-8-4-5-9-13-12)10-11-6-2-1-3-7-11/h1-3,5-7,9H,4,8,10H2. The maximum absolute atomic E-state index is 12.0. The molecule has 0 radical (unpaired) electrons. The molecule has 0 spiro atoms. The van der Waals surface area contributed by atoms with Crippen LogP contribution in [0.25, 0.3) is 0 Å². The van der Waals surface area contributed by atoms with Crippen LogP contribution in [0.5, 0.6) is 0 Å². The topological polar surface area (TPSA) is 46.5 Å². The zero-order valence-electron chi connectivity index (χ0n) is 8.83. The van der Waals surface area contributed by atoms with Crippen LogP contribution in [0.4, 0.5) is 0 Å². The molecule has 0 N–H and O–H groups in total. The van der Waals surface area contributed by atoms with E-state index in [4.69, 9.17) is 0 Å². The molecule has 1 aromatic rings. The molecule has 1 heterocycles. The van der Waals surface area contributed by atoms with E-state index in [1.54, 1.807) is 6.20 Å².